The topological polar surface area (TPSA) is 74.7 Å². The van der Waals surface area contributed by atoms with Crippen LogP contribution < -0.4 is 10.2 Å². The number of carboxylic acids is 1. The molecule has 0 aliphatic rings. The molecule has 1 unspecified atom stereocenters. The highest BCUT2D eigenvalue weighted by Crippen LogP contribution is 2.23. The van der Waals surface area contributed by atoms with Crippen LogP contribution in [0.15, 0.2) is 42.6 Å². The van der Waals surface area contributed by atoms with Gasteiger partial charge in [0, 0.05) is 44.1 Å². The van der Waals surface area contributed by atoms with Gasteiger partial charge in [0.1, 0.15) is 0 Å². The van der Waals surface area contributed by atoms with E-state index in [1.54, 1.807) is 13.1 Å². The van der Waals surface area contributed by atoms with Crippen molar-refractivity contribution in [2.24, 2.45) is 0 Å². The van der Waals surface area contributed by atoms with Gasteiger partial charge in [0.05, 0.1) is 5.69 Å². The normalized spacial score (nSPS) is 11.7. The molecule has 0 saturated heterocycles. The number of rotatable bonds is 13. The smallest absolute Gasteiger partial charge is 0.333 e. The van der Waals surface area contributed by atoms with Gasteiger partial charge in [-0.15, -0.1) is 0 Å². The Bertz CT molecular complexity index is 858. The van der Waals surface area contributed by atoms with E-state index in [-0.39, 0.29) is 6.42 Å². The van der Waals surface area contributed by atoms with E-state index in [0.29, 0.717) is 11.7 Å². The van der Waals surface area contributed by atoms with Crippen LogP contribution in [0, 0.1) is 0 Å². The number of nitrogens with zero attached hydrogens (tertiary/aromatic N) is 2. The Hall–Kier alpha value is -2.51. The second kappa shape index (κ2) is 13.8. The monoisotopic (exact) mass is 457 g/mol. The molecule has 0 aliphatic carbocycles. The lowest BCUT2D eigenvalue weighted by Gasteiger charge is -2.22. The van der Waals surface area contributed by atoms with E-state index < -0.39 is 12.1 Å². The van der Waals surface area contributed by atoms with Gasteiger partial charge >= 0.3 is 5.97 Å². The fourth-order valence-corrected chi connectivity index (χ4v) is 3.59. The summed E-state index contributed by atoms with van der Waals surface area (Å²) in [5.41, 5.74) is 3.61. The lowest BCUT2D eigenvalue weighted by Crippen LogP contribution is -2.37. The van der Waals surface area contributed by atoms with Gasteiger partial charge in [0.2, 0.25) is 0 Å². The third-order valence-corrected chi connectivity index (χ3v) is 5.70. The Morgan fingerprint density at radius 3 is 2.62 bits per heavy atom. The van der Waals surface area contributed by atoms with Crippen molar-refractivity contribution in [3.63, 3.8) is 0 Å². The highest BCUT2D eigenvalue weighted by atomic mass is 32.1. The van der Waals surface area contributed by atoms with Gasteiger partial charge in [0.25, 0.3) is 0 Å². The van der Waals surface area contributed by atoms with Crippen molar-refractivity contribution in [2.75, 3.05) is 25.1 Å². The standard InChI is InChI=1S/C25H35N3O3S/c1-4-6-7-8-9-15-26-25(32)28(3)21-12-10-11-20(17-21)22-14-13-19(18-27-22)16-23(24(29)30)31-5-2/h10-14,17-18,23H,4-9,15-16H2,1-3H3,(H,26,32)(H,29,30). The lowest BCUT2D eigenvalue weighted by atomic mass is 10.1. The second-order valence-electron chi connectivity index (χ2n) is 7.79. The number of aromatic nitrogens is 1. The van der Waals surface area contributed by atoms with Crippen molar-refractivity contribution in [2.45, 2.75) is 58.5 Å². The Kier molecular flexibility index (Phi) is 11.1. The molecule has 174 valence electrons. The average Bonchev–Trinajstić information content (AvgIpc) is 2.81. The molecule has 6 nitrogen and oxygen atoms in total. The van der Waals surface area contributed by atoms with Crippen LogP contribution in [0.3, 0.4) is 0 Å². The SMILES string of the molecule is CCCCCCCNC(=S)N(C)c1cccc(-c2ccc(CC(OCC)C(=O)O)cn2)c1. The van der Waals surface area contributed by atoms with Crippen molar-refractivity contribution in [3.05, 3.63) is 48.2 Å². The number of hydrogen-bond donors (Lipinski definition) is 2. The van der Waals surface area contributed by atoms with Gasteiger partial charge in [0.15, 0.2) is 11.2 Å². The molecule has 0 bridgehead atoms. The van der Waals surface area contributed by atoms with Crippen LogP contribution in [0.5, 0.6) is 0 Å². The Labute approximate surface area is 197 Å². The molecular weight excluding hydrogens is 422 g/mol. The maximum atomic E-state index is 11.3. The van der Waals surface area contributed by atoms with E-state index in [1.165, 1.54) is 25.7 Å². The summed E-state index contributed by atoms with van der Waals surface area (Å²) in [4.78, 5) is 17.8. The molecule has 0 amide bonds. The molecule has 1 aromatic carbocycles. The molecule has 0 radical (unpaired) electrons. The Balaban J connectivity index is 1.98. The minimum Gasteiger partial charge on any atom is -0.479 e. The number of carbonyl (C=O) groups is 1. The maximum Gasteiger partial charge on any atom is 0.333 e. The van der Waals surface area contributed by atoms with Crippen LogP contribution >= 0.6 is 12.2 Å². The van der Waals surface area contributed by atoms with Crippen molar-refractivity contribution < 1.29 is 14.6 Å². The number of hydrogen-bond acceptors (Lipinski definition) is 4. The van der Waals surface area contributed by atoms with Gasteiger partial charge < -0.3 is 20.1 Å². The molecule has 1 atom stereocenters. The minimum absolute atomic E-state index is 0.289. The molecule has 2 rings (SSSR count). The number of aliphatic carboxylic acids is 1. The van der Waals surface area contributed by atoms with Gasteiger partial charge in [-0.3, -0.25) is 4.98 Å². The summed E-state index contributed by atoms with van der Waals surface area (Å²) in [5.74, 6) is -0.961. The van der Waals surface area contributed by atoms with E-state index in [0.717, 1.165) is 35.5 Å². The van der Waals surface area contributed by atoms with E-state index >= 15 is 0 Å². The van der Waals surface area contributed by atoms with Crippen LogP contribution in [-0.2, 0) is 16.0 Å². The first kappa shape index (κ1) is 25.7. The summed E-state index contributed by atoms with van der Waals surface area (Å²) in [7, 11) is 1.96. The first-order valence-corrected chi connectivity index (χ1v) is 11.8. The first-order valence-electron chi connectivity index (χ1n) is 11.4. The number of carboxylic acid groups (broad SMARTS) is 1. The highest BCUT2D eigenvalue weighted by Gasteiger charge is 2.18. The molecule has 0 aliphatic heterocycles. The van der Waals surface area contributed by atoms with Crippen molar-refractivity contribution >= 4 is 29.0 Å². The fourth-order valence-electron chi connectivity index (χ4n) is 3.38. The number of ether oxygens (including phenoxy) is 1. The summed E-state index contributed by atoms with van der Waals surface area (Å²) >= 11 is 5.56. The van der Waals surface area contributed by atoms with Gasteiger partial charge in [-0.1, -0.05) is 50.8 Å². The number of benzene rings is 1. The predicted molar refractivity (Wildman–Crippen MR) is 134 cm³/mol. The number of anilines is 1. The van der Waals surface area contributed by atoms with Crippen molar-refractivity contribution in [3.8, 4) is 11.3 Å². The van der Waals surface area contributed by atoms with Crippen LogP contribution in [0.4, 0.5) is 5.69 Å². The zero-order chi connectivity index (χ0) is 23.3. The van der Waals surface area contributed by atoms with E-state index in [9.17, 15) is 9.90 Å². The largest absolute Gasteiger partial charge is 0.479 e. The summed E-state index contributed by atoms with van der Waals surface area (Å²) in [6.45, 7) is 5.25. The zero-order valence-electron chi connectivity index (χ0n) is 19.3. The summed E-state index contributed by atoms with van der Waals surface area (Å²) in [6.07, 6.45) is 7.31. The number of pyridine rings is 1. The molecule has 0 spiro atoms. The summed E-state index contributed by atoms with van der Waals surface area (Å²) in [6, 6.07) is 11.9. The summed E-state index contributed by atoms with van der Waals surface area (Å²) in [5, 5.41) is 13.3. The molecular formula is C25H35N3O3S. The van der Waals surface area contributed by atoms with Crippen molar-refractivity contribution in [1.82, 2.24) is 10.3 Å². The van der Waals surface area contributed by atoms with E-state index in [2.05, 4.69) is 23.3 Å². The zero-order valence-corrected chi connectivity index (χ0v) is 20.2. The Morgan fingerprint density at radius 1 is 1.19 bits per heavy atom. The predicted octanol–water partition coefficient (Wildman–Crippen LogP) is 5.06. The van der Waals surface area contributed by atoms with E-state index in [1.807, 2.05) is 42.3 Å². The molecule has 2 N–H and O–H groups in total. The summed E-state index contributed by atoms with van der Waals surface area (Å²) < 4.78 is 5.29. The van der Waals surface area contributed by atoms with Crippen LogP contribution in [-0.4, -0.2) is 47.5 Å². The molecule has 2 aromatic rings. The molecule has 0 saturated carbocycles. The van der Waals surface area contributed by atoms with Crippen LogP contribution in [0.1, 0.15) is 51.5 Å². The van der Waals surface area contributed by atoms with E-state index in [4.69, 9.17) is 17.0 Å². The maximum absolute atomic E-state index is 11.3. The minimum atomic E-state index is -0.961. The average molecular weight is 458 g/mol. The first-order chi connectivity index (χ1) is 15.5. The molecule has 7 heteroatoms. The lowest BCUT2D eigenvalue weighted by molar-refractivity contribution is -0.149. The van der Waals surface area contributed by atoms with Gasteiger partial charge in [-0.25, -0.2) is 4.79 Å². The van der Waals surface area contributed by atoms with Crippen molar-refractivity contribution in [1.29, 1.82) is 0 Å². The van der Waals surface area contributed by atoms with Crippen LogP contribution in [0.25, 0.3) is 11.3 Å². The second-order valence-corrected chi connectivity index (χ2v) is 8.18. The number of thiocarbonyl (C=S) groups is 1. The fraction of sp³-hybridized carbons (Fsp3) is 0.480. The molecule has 32 heavy (non-hydrogen) atoms. The molecule has 1 heterocycles. The third kappa shape index (κ3) is 8.20. The van der Waals surface area contributed by atoms with Gasteiger partial charge in [-0.2, -0.15) is 0 Å². The third-order valence-electron chi connectivity index (χ3n) is 5.28. The number of unbranched alkanes of at least 4 members (excludes halogenated alkanes) is 4. The van der Waals surface area contributed by atoms with Gasteiger partial charge in [-0.05, 0) is 49.3 Å². The molecule has 1 aromatic heterocycles. The van der Waals surface area contributed by atoms with Crippen LogP contribution in [0.2, 0.25) is 0 Å². The quantitative estimate of drug-likeness (QED) is 0.322. The number of nitrogens with one attached hydrogen (secondary N) is 1. The highest BCUT2D eigenvalue weighted by molar-refractivity contribution is 7.80. The molecule has 0 fully saturated rings. The Morgan fingerprint density at radius 2 is 1.97 bits per heavy atom.